The van der Waals surface area contributed by atoms with Crippen LogP contribution in [0.2, 0.25) is 0 Å². The van der Waals surface area contributed by atoms with Gasteiger partial charge in [0.2, 0.25) is 0 Å². The molecule has 80 valence electrons. The number of anilines is 1. The highest BCUT2D eigenvalue weighted by atomic mass is 16.2. The first-order valence-electron chi connectivity index (χ1n) is 4.87. The number of carbonyl (C=O) groups is 1. The lowest BCUT2D eigenvalue weighted by Crippen LogP contribution is -2.28. The smallest absolute Gasteiger partial charge is 0.320 e. The van der Waals surface area contributed by atoms with Gasteiger partial charge >= 0.3 is 6.03 Å². The van der Waals surface area contributed by atoms with Crippen LogP contribution in [0.1, 0.15) is 5.56 Å². The number of nitrogens with zero attached hydrogens (tertiary/aromatic N) is 3. The molecule has 1 aliphatic rings. The fourth-order valence-electron chi connectivity index (χ4n) is 1.66. The molecule has 5 heteroatoms. The Labute approximate surface area is 88.5 Å². The highest BCUT2D eigenvalue weighted by Crippen LogP contribution is 2.12. The van der Waals surface area contributed by atoms with Gasteiger partial charge in [0.25, 0.3) is 0 Å². The summed E-state index contributed by atoms with van der Waals surface area (Å²) in [6.07, 6.45) is 1.66. The average Bonchev–Trinajstić information content (AvgIpc) is 2.50. The molecule has 0 bridgehead atoms. The van der Waals surface area contributed by atoms with Gasteiger partial charge in [-0.15, -0.1) is 0 Å². The number of nitrogens with two attached hydrogens (primary N) is 1. The van der Waals surface area contributed by atoms with Crippen LogP contribution in [0.4, 0.5) is 10.6 Å². The quantitative estimate of drug-likeness (QED) is 0.767. The third kappa shape index (κ3) is 2.01. The lowest BCUT2D eigenvalue weighted by Gasteiger charge is -2.15. The van der Waals surface area contributed by atoms with Gasteiger partial charge in [0.1, 0.15) is 5.82 Å². The Hall–Kier alpha value is -1.78. The fourth-order valence-corrected chi connectivity index (χ4v) is 1.66. The number of pyridine rings is 1. The molecule has 0 spiro atoms. The van der Waals surface area contributed by atoms with Crippen LogP contribution < -0.4 is 5.73 Å². The third-order valence-electron chi connectivity index (χ3n) is 2.52. The zero-order chi connectivity index (χ0) is 10.8. The van der Waals surface area contributed by atoms with Crippen molar-refractivity contribution in [3.05, 3.63) is 23.9 Å². The molecule has 2 heterocycles. The van der Waals surface area contributed by atoms with Crippen LogP contribution in [-0.4, -0.2) is 41.0 Å². The molecule has 1 saturated heterocycles. The molecule has 2 rings (SSSR count). The van der Waals surface area contributed by atoms with Crippen molar-refractivity contribution >= 4 is 11.8 Å². The van der Waals surface area contributed by atoms with Crippen LogP contribution in [0.5, 0.6) is 0 Å². The molecule has 0 aliphatic carbocycles. The number of hydrogen-bond acceptors (Lipinski definition) is 3. The summed E-state index contributed by atoms with van der Waals surface area (Å²) >= 11 is 0. The average molecular weight is 206 g/mol. The molecule has 0 aromatic carbocycles. The molecule has 5 nitrogen and oxygen atoms in total. The summed E-state index contributed by atoms with van der Waals surface area (Å²) in [5.74, 6) is 0.493. The van der Waals surface area contributed by atoms with Gasteiger partial charge in [-0.25, -0.2) is 9.78 Å². The van der Waals surface area contributed by atoms with Crippen molar-refractivity contribution in [1.82, 2.24) is 14.8 Å². The fraction of sp³-hybridized carbons (Fsp3) is 0.400. The molecule has 1 aromatic rings. The largest absolute Gasteiger partial charge is 0.384 e. The van der Waals surface area contributed by atoms with E-state index in [1.165, 1.54) is 0 Å². The summed E-state index contributed by atoms with van der Waals surface area (Å²) in [5.41, 5.74) is 6.59. The number of likely N-dealkylation sites (N-methyl/N-ethyl adjacent to an activating group) is 1. The van der Waals surface area contributed by atoms with Gasteiger partial charge in [0.15, 0.2) is 0 Å². The van der Waals surface area contributed by atoms with Crippen molar-refractivity contribution in [3.63, 3.8) is 0 Å². The number of rotatable bonds is 2. The summed E-state index contributed by atoms with van der Waals surface area (Å²) in [5, 5.41) is 0. The van der Waals surface area contributed by atoms with Gasteiger partial charge in [0.05, 0.1) is 0 Å². The Morgan fingerprint density at radius 2 is 2.33 bits per heavy atom. The summed E-state index contributed by atoms with van der Waals surface area (Å²) in [6, 6.07) is 3.75. The predicted octanol–water partition coefficient (Wildman–Crippen LogP) is 0.531. The summed E-state index contributed by atoms with van der Waals surface area (Å²) in [6.45, 7) is 2.17. The molecule has 2 amide bonds. The molecule has 1 fully saturated rings. The SMILES string of the molecule is CN1CCN(Cc2ccnc(N)c2)C1=O. The summed E-state index contributed by atoms with van der Waals surface area (Å²) in [4.78, 5) is 19.0. The molecule has 15 heavy (non-hydrogen) atoms. The number of hydrogen-bond donors (Lipinski definition) is 1. The zero-order valence-electron chi connectivity index (χ0n) is 8.68. The second kappa shape index (κ2) is 3.76. The summed E-state index contributed by atoms with van der Waals surface area (Å²) in [7, 11) is 1.81. The first-order valence-corrected chi connectivity index (χ1v) is 4.87. The molecule has 0 atom stereocenters. The topological polar surface area (TPSA) is 62.5 Å². The van der Waals surface area contributed by atoms with Crippen molar-refractivity contribution in [2.24, 2.45) is 0 Å². The Morgan fingerprint density at radius 3 is 2.93 bits per heavy atom. The van der Waals surface area contributed by atoms with Gasteiger partial charge in [-0.05, 0) is 17.7 Å². The molecule has 2 N–H and O–H groups in total. The van der Waals surface area contributed by atoms with Crippen LogP contribution in [0.3, 0.4) is 0 Å². The van der Waals surface area contributed by atoms with E-state index in [1.54, 1.807) is 22.1 Å². The van der Waals surface area contributed by atoms with Gasteiger partial charge in [-0.1, -0.05) is 0 Å². The van der Waals surface area contributed by atoms with E-state index in [4.69, 9.17) is 5.73 Å². The second-order valence-corrected chi connectivity index (χ2v) is 3.71. The van der Waals surface area contributed by atoms with Gasteiger partial charge in [-0.3, -0.25) is 0 Å². The van der Waals surface area contributed by atoms with E-state index in [1.807, 2.05) is 13.1 Å². The first kappa shape index (κ1) is 9.76. The number of carbonyl (C=O) groups excluding carboxylic acids is 1. The maximum atomic E-state index is 11.6. The first-order chi connectivity index (χ1) is 7.16. The molecule has 0 radical (unpaired) electrons. The number of amides is 2. The van der Waals surface area contributed by atoms with Crippen molar-refractivity contribution in [2.75, 3.05) is 25.9 Å². The minimum atomic E-state index is 0.0744. The monoisotopic (exact) mass is 206 g/mol. The Balaban J connectivity index is 2.06. The second-order valence-electron chi connectivity index (χ2n) is 3.71. The van der Waals surface area contributed by atoms with Crippen LogP contribution >= 0.6 is 0 Å². The Kier molecular flexibility index (Phi) is 2.45. The van der Waals surface area contributed by atoms with E-state index in [9.17, 15) is 4.79 Å². The minimum absolute atomic E-state index is 0.0744. The number of nitrogen functional groups attached to an aromatic ring is 1. The summed E-state index contributed by atoms with van der Waals surface area (Å²) < 4.78 is 0. The van der Waals surface area contributed by atoms with Crippen LogP contribution in [-0.2, 0) is 6.54 Å². The van der Waals surface area contributed by atoms with Crippen molar-refractivity contribution in [2.45, 2.75) is 6.54 Å². The van der Waals surface area contributed by atoms with E-state index in [0.717, 1.165) is 18.7 Å². The number of aromatic nitrogens is 1. The molecular weight excluding hydrogens is 192 g/mol. The van der Waals surface area contributed by atoms with E-state index in [2.05, 4.69) is 4.98 Å². The highest BCUT2D eigenvalue weighted by Gasteiger charge is 2.24. The molecule has 1 aromatic heterocycles. The van der Waals surface area contributed by atoms with E-state index >= 15 is 0 Å². The third-order valence-corrected chi connectivity index (χ3v) is 2.52. The van der Waals surface area contributed by atoms with Crippen molar-refractivity contribution < 1.29 is 4.79 Å². The molecule has 1 aliphatic heterocycles. The van der Waals surface area contributed by atoms with Crippen LogP contribution in [0.25, 0.3) is 0 Å². The lowest BCUT2D eigenvalue weighted by molar-refractivity contribution is 0.197. The lowest BCUT2D eigenvalue weighted by atomic mass is 10.2. The molecular formula is C10H14N4O. The van der Waals surface area contributed by atoms with E-state index in [0.29, 0.717) is 12.4 Å². The minimum Gasteiger partial charge on any atom is -0.384 e. The van der Waals surface area contributed by atoms with E-state index < -0.39 is 0 Å². The van der Waals surface area contributed by atoms with Gasteiger partial charge in [0, 0.05) is 32.9 Å². The van der Waals surface area contributed by atoms with Crippen molar-refractivity contribution in [1.29, 1.82) is 0 Å². The van der Waals surface area contributed by atoms with Gasteiger partial charge in [-0.2, -0.15) is 0 Å². The Bertz CT molecular complexity index is 379. The normalized spacial score (nSPS) is 16.2. The number of urea groups is 1. The maximum absolute atomic E-state index is 11.6. The predicted molar refractivity (Wildman–Crippen MR) is 57.1 cm³/mol. The maximum Gasteiger partial charge on any atom is 0.320 e. The van der Waals surface area contributed by atoms with Crippen LogP contribution in [0.15, 0.2) is 18.3 Å². The van der Waals surface area contributed by atoms with E-state index in [-0.39, 0.29) is 6.03 Å². The standard InChI is InChI=1S/C10H14N4O/c1-13-4-5-14(10(13)15)7-8-2-3-12-9(11)6-8/h2-3,6H,4-5,7H2,1H3,(H2,11,12). The zero-order valence-corrected chi connectivity index (χ0v) is 8.68. The molecule has 0 saturated carbocycles. The highest BCUT2D eigenvalue weighted by molar-refractivity contribution is 5.76. The molecule has 0 unspecified atom stereocenters. The Morgan fingerprint density at radius 1 is 1.53 bits per heavy atom. The van der Waals surface area contributed by atoms with Gasteiger partial charge < -0.3 is 15.5 Å². The van der Waals surface area contributed by atoms with Crippen molar-refractivity contribution in [3.8, 4) is 0 Å². The van der Waals surface area contributed by atoms with Crippen LogP contribution in [0, 0.1) is 0 Å².